The lowest BCUT2D eigenvalue weighted by Crippen LogP contribution is -2.03. The molecule has 0 radical (unpaired) electrons. The second-order valence-electron chi connectivity index (χ2n) is 5.46. The van der Waals surface area contributed by atoms with E-state index in [9.17, 15) is 0 Å². The van der Waals surface area contributed by atoms with E-state index >= 15 is 0 Å². The van der Waals surface area contributed by atoms with Gasteiger partial charge in [0.05, 0.1) is 13.3 Å². The summed E-state index contributed by atoms with van der Waals surface area (Å²) in [4.78, 5) is 4.44. The molecule has 0 aliphatic carbocycles. The Labute approximate surface area is 140 Å². The van der Waals surface area contributed by atoms with Crippen LogP contribution < -0.4 is 15.4 Å². The SMILES string of the molecule is COc1ccc(Nc2nncc(Nc3ccc(C)cc3C)n2)cc1. The minimum Gasteiger partial charge on any atom is -0.497 e. The number of nitrogens with zero attached hydrogens (tertiary/aromatic N) is 3. The van der Waals surface area contributed by atoms with E-state index < -0.39 is 0 Å². The van der Waals surface area contributed by atoms with Gasteiger partial charge >= 0.3 is 0 Å². The molecule has 0 amide bonds. The van der Waals surface area contributed by atoms with Crippen molar-refractivity contribution in [3.63, 3.8) is 0 Å². The molecule has 6 heteroatoms. The van der Waals surface area contributed by atoms with E-state index in [0.717, 1.165) is 22.7 Å². The maximum absolute atomic E-state index is 5.14. The Morgan fingerprint density at radius 3 is 2.46 bits per heavy atom. The van der Waals surface area contributed by atoms with Gasteiger partial charge in [-0.15, -0.1) is 5.10 Å². The third-order valence-electron chi connectivity index (χ3n) is 3.55. The molecule has 0 aliphatic rings. The molecular formula is C18H19N5O. The van der Waals surface area contributed by atoms with Gasteiger partial charge < -0.3 is 15.4 Å². The van der Waals surface area contributed by atoms with Gasteiger partial charge in [0.1, 0.15) is 5.75 Å². The standard InChI is InChI=1S/C18H19N5O/c1-12-4-9-16(13(2)10-12)21-17-11-19-23-18(22-17)20-14-5-7-15(24-3)8-6-14/h4-11H,1-3H3,(H2,20,21,22,23). The molecule has 3 rings (SSSR count). The van der Waals surface area contributed by atoms with Crippen LogP contribution in [0.15, 0.2) is 48.7 Å². The van der Waals surface area contributed by atoms with Crippen LogP contribution in [0, 0.1) is 13.8 Å². The molecule has 0 saturated carbocycles. The van der Waals surface area contributed by atoms with Crippen LogP contribution in [0.5, 0.6) is 5.75 Å². The number of benzene rings is 2. The Hall–Kier alpha value is -3.15. The number of hydrogen-bond acceptors (Lipinski definition) is 6. The highest BCUT2D eigenvalue weighted by atomic mass is 16.5. The van der Waals surface area contributed by atoms with Crippen LogP contribution in [0.25, 0.3) is 0 Å². The normalized spacial score (nSPS) is 10.3. The van der Waals surface area contributed by atoms with Crippen molar-refractivity contribution in [2.24, 2.45) is 0 Å². The van der Waals surface area contributed by atoms with E-state index in [1.165, 1.54) is 5.56 Å². The molecule has 0 fully saturated rings. The van der Waals surface area contributed by atoms with E-state index in [1.807, 2.05) is 30.3 Å². The van der Waals surface area contributed by atoms with Gasteiger partial charge in [-0.25, -0.2) is 0 Å². The van der Waals surface area contributed by atoms with Crippen LogP contribution in [0.3, 0.4) is 0 Å². The first-order valence-corrected chi connectivity index (χ1v) is 7.59. The molecule has 0 saturated heterocycles. The molecule has 24 heavy (non-hydrogen) atoms. The monoisotopic (exact) mass is 321 g/mol. The van der Waals surface area contributed by atoms with Crippen LogP contribution in [-0.2, 0) is 0 Å². The predicted octanol–water partition coefficient (Wildman–Crippen LogP) is 3.98. The number of anilines is 4. The predicted molar refractivity (Wildman–Crippen MR) is 95.3 cm³/mol. The second-order valence-corrected chi connectivity index (χ2v) is 5.46. The summed E-state index contributed by atoms with van der Waals surface area (Å²) in [6.45, 7) is 4.13. The fourth-order valence-corrected chi connectivity index (χ4v) is 2.31. The summed E-state index contributed by atoms with van der Waals surface area (Å²) in [6.07, 6.45) is 1.60. The molecule has 2 N–H and O–H groups in total. The van der Waals surface area contributed by atoms with Crippen molar-refractivity contribution in [3.05, 3.63) is 59.8 Å². The van der Waals surface area contributed by atoms with Crippen LogP contribution in [0.1, 0.15) is 11.1 Å². The number of aromatic nitrogens is 3. The first-order valence-electron chi connectivity index (χ1n) is 7.59. The highest BCUT2D eigenvalue weighted by molar-refractivity contribution is 5.62. The lowest BCUT2D eigenvalue weighted by Gasteiger charge is -2.10. The topological polar surface area (TPSA) is 72.0 Å². The number of hydrogen-bond donors (Lipinski definition) is 2. The zero-order chi connectivity index (χ0) is 16.9. The van der Waals surface area contributed by atoms with Crippen molar-refractivity contribution in [1.82, 2.24) is 15.2 Å². The molecule has 122 valence electrons. The summed E-state index contributed by atoms with van der Waals surface area (Å²) >= 11 is 0. The van der Waals surface area contributed by atoms with Crippen molar-refractivity contribution < 1.29 is 4.74 Å². The lowest BCUT2D eigenvalue weighted by molar-refractivity contribution is 0.415. The summed E-state index contributed by atoms with van der Waals surface area (Å²) in [5, 5.41) is 14.4. The molecular weight excluding hydrogens is 302 g/mol. The fourth-order valence-electron chi connectivity index (χ4n) is 2.31. The van der Waals surface area contributed by atoms with E-state index in [1.54, 1.807) is 13.3 Å². The van der Waals surface area contributed by atoms with Gasteiger partial charge in [-0.05, 0) is 49.7 Å². The quantitative estimate of drug-likeness (QED) is 0.740. The highest BCUT2D eigenvalue weighted by Gasteiger charge is 2.04. The molecule has 0 aliphatic heterocycles. The Kier molecular flexibility index (Phi) is 4.56. The van der Waals surface area contributed by atoms with Crippen LogP contribution in [0.2, 0.25) is 0 Å². The van der Waals surface area contributed by atoms with Gasteiger partial charge in [-0.3, -0.25) is 0 Å². The molecule has 3 aromatic rings. The summed E-state index contributed by atoms with van der Waals surface area (Å²) in [5.74, 6) is 1.85. The third-order valence-corrected chi connectivity index (χ3v) is 3.55. The first-order chi connectivity index (χ1) is 11.6. The van der Waals surface area contributed by atoms with Gasteiger partial charge in [0.15, 0.2) is 5.82 Å². The Bertz CT molecular complexity index is 833. The minimum atomic E-state index is 0.426. The second kappa shape index (κ2) is 6.95. The Balaban J connectivity index is 1.75. The zero-order valence-corrected chi connectivity index (χ0v) is 13.9. The van der Waals surface area contributed by atoms with Gasteiger partial charge in [0, 0.05) is 11.4 Å². The Morgan fingerprint density at radius 2 is 1.75 bits per heavy atom. The number of ether oxygens (including phenoxy) is 1. The van der Waals surface area contributed by atoms with E-state index in [0.29, 0.717) is 11.8 Å². The maximum Gasteiger partial charge on any atom is 0.249 e. The molecule has 2 aromatic carbocycles. The smallest absolute Gasteiger partial charge is 0.249 e. The molecule has 1 heterocycles. The average molecular weight is 321 g/mol. The van der Waals surface area contributed by atoms with Crippen molar-refractivity contribution in [3.8, 4) is 5.75 Å². The van der Waals surface area contributed by atoms with Crippen LogP contribution in [0.4, 0.5) is 23.1 Å². The van der Waals surface area contributed by atoms with Crippen molar-refractivity contribution in [1.29, 1.82) is 0 Å². The molecule has 0 unspecified atom stereocenters. The summed E-state index contributed by atoms with van der Waals surface area (Å²) < 4.78 is 5.14. The lowest BCUT2D eigenvalue weighted by atomic mass is 10.1. The fraction of sp³-hybridized carbons (Fsp3) is 0.167. The number of rotatable bonds is 5. The minimum absolute atomic E-state index is 0.426. The molecule has 0 atom stereocenters. The van der Waals surface area contributed by atoms with E-state index in [-0.39, 0.29) is 0 Å². The van der Waals surface area contributed by atoms with Gasteiger partial charge in [0.25, 0.3) is 0 Å². The first kappa shape index (κ1) is 15.7. The van der Waals surface area contributed by atoms with Gasteiger partial charge in [-0.1, -0.05) is 17.7 Å². The summed E-state index contributed by atoms with van der Waals surface area (Å²) in [7, 11) is 1.64. The van der Waals surface area contributed by atoms with E-state index in [2.05, 4.69) is 51.8 Å². The van der Waals surface area contributed by atoms with Crippen molar-refractivity contribution in [2.75, 3.05) is 17.7 Å². The van der Waals surface area contributed by atoms with Gasteiger partial charge in [-0.2, -0.15) is 10.1 Å². The highest BCUT2D eigenvalue weighted by Crippen LogP contribution is 2.21. The summed E-state index contributed by atoms with van der Waals surface area (Å²) in [5.41, 5.74) is 4.23. The van der Waals surface area contributed by atoms with Crippen molar-refractivity contribution >= 4 is 23.1 Å². The maximum atomic E-state index is 5.14. The van der Waals surface area contributed by atoms with Crippen LogP contribution >= 0.6 is 0 Å². The largest absolute Gasteiger partial charge is 0.497 e. The molecule has 1 aromatic heterocycles. The molecule has 6 nitrogen and oxygen atoms in total. The number of methoxy groups -OCH3 is 1. The Morgan fingerprint density at radius 1 is 0.958 bits per heavy atom. The third kappa shape index (κ3) is 3.78. The number of aryl methyl sites for hydroxylation is 2. The van der Waals surface area contributed by atoms with Crippen molar-refractivity contribution in [2.45, 2.75) is 13.8 Å². The molecule has 0 spiro atoms. The zero-order valence-electron chi connectivity index (χ0n) is 13.9. The summed E-state index contributed by atoms with van der Waals surface area (Å²) in [6, 6.07) is 13.7. The van der Waals surface area contributed by atoms with Gasteiger partial charge in [0.2, 0.25) is 5.95 Å². The average Bonchev–Trinajstić information content (AvgIpc) is 2.58. The van der Waals surface area contributed by atoms with Crippen LogP contribution in [-0.4, -0.2) is 22.3 Å². The number of nitrogens with one attached hydrogen (secondary N) is 2. The molecule has 0 bridgehead atoms. The van der Waals surface area contributed by atoms with E-state index in [4.69, 9.17) is 4.74 Å².